The molecule has 0 aromatic heterocycles. The van der Waals surface area contributed by atoms with Crippen LogP contribution in [0, 0.1) is 0 Å². The minimum atomic E-state index is -0.410. The molecule has 0 aliphatic heterocycles. The fourth-order valence-corrected chi connectivity index (χ4v) is 4.28. The quantitative estimate of drug-likeness (QED) is 0.287. The lowest BCUT2D eigenvalue weighted by Gasteiger charge is -2.14. The second kappa shape index (κ2) is 11.5. The lowest BCUT2D eigenvalue weighted by atomic mass is 9.98. The Labute approximate surface area is 204 Å². The Morgan fingerprint density at radius 1 is 0.912 bits per heavy atom. The second-order valence-electron chi connectivity index (χ2n) is 8.05. The van der Waals surface area contributed by atoms with Crippen molar-refractivity contribution in [2.75, 3.05) is 24.3 Å². The van der Waals surface area contributed by atoms with Crippen LogP contribution in [0.5, 0.6) is 0 Å². The molecule has 6 heteroatoms. The summed E-state index contributed by atoms with van der Waals surface area (Å²) in [5, 5.41) is 5.61. The van der Waals surface area contributed by atoms with E-state index in [2.05, 4.69) is 34.9 Å². The third kappa shape index (κ3) is 5.86. The van der Waals surface area contributed by atoms with Crippen LogP contribution in [0.25, 0.3) is 17.2 Å². The number of alkyl halides is 1. The van der Waals surface area contributed by atoms with Gasteiger partial charge in [-0.3, -0.25) is 4.79 Å². The molecule has 2 amide bonds. The molecule has 0 saturated heterocycles. The van der Waals surface area contributed by atoms with Gasteiger partial charge in [0.1, 0.15) is 6.61 Å². The van der Waals surface area contributed by atoms with E-state index in [0.717, 1.165) is 11.3 Å². The predicted octanol–water partition coefficient (Wildman–Crippen LogP) is 6.20. The van der Waals surface area contributed by atoms with Crippen LogP contribution in [-0.4, -0.2) is 31.0 Å². The van der Waals surface area contributed by atoms with Crippen molar-refractivity contribution in [2.24, 2.45) is 0 Å². The number of benzene rings is 3. The molecule has 1 aliphatic rings. The van der Waals surface area contributed by atoms with Gasteiger partial charge in [0.25, 0.3) is 0 Å². The maximum atomic E-state index is 12.2. The summed E-state index contributed by atoms with van der Waals surface area (Å²) in [6, 6.07) is 24.1. The Morgan fingerprint density at radius 2 is 1.56 bits per heavy atom. The topological polar surface area (TPSA) is 67.4 Å². The number of amides is 2. The number of carbonyl (C=O) groups is 2. The van der Waals surface area contributed by atoms with Crippen LogP contribution >= 0.6 is 11.6 Å². The molecule has 174 valence electrons. The highest BCUT2D eigenvalue weighted by Gasteiger charge is 2.28. The van der Waals surface area contributed by atoms with Gasteiger partial charge in [-0.2, -0.15) is 0 Å². The van der Waals surface area contributed by atoms with Crippen LogP contribution in [0.15, 0.2) is 78.9 Å². The maximum absolute atomic E-state index is 12.2. The molecule has 0 bridgehead atoms. The van der Waals surface area contributed by atoms with Gasteiger partial charge in [-0.25, -0.2) is 4.79 Å². The molecule has 2 N–H and O–H groups in total. The van der Waals surface area contributed by atoms with Crippen LogP contribution in [0.3, 0.4) is 0 Å². The molecule has 0 unspecified atom stereocenters. The van der Waals surface area contributed by atoms with Crippen LogP contribution in [0.4, 0.5) is 10.5 Å². The van der Waals surface area contributed by atoms with Crippen molar-refractivity contribution >= 4 is 35.4 Å². The molecule has 0 atom stereocenters. The Balaban J connectivity index is 1.20. The van der Waals surface area contributed by atoms with E-state index in [1.165, 1.54) is 22.3 Å². The minimum Gasteiger partial charge on any atom is -0.449 e. The number of halogens is 1. The van der Waals surface area contributed by atoms with Crippen molar-refractivity contribution < 1.29 is 14.3 Å². The highest BCUT2D eigenvalue weighted by atomic mass is 35.5. The van der Waals surface area contributed by atoms with Crippen molar-refractivity contribution in [3.63, 3.8) is 0 Å². The SMILES string of the molecule is O=C(CCCl)Nc1ccc(C=CCCNC(=O)OCC2c3ccccc3-c3ccccc32)cc1. The summed E-state index contributed by atoms with van der Waals surface area (Å²) in [5.41, 5.74) is 6.57. The standard InChI is InChI=1S/C28H27ClN2O3/c29-17-16-27(32)31-21-14-12-20(13-15-21)7-5-6-18-30-28(33)34-19-26-24-10-3-1-8-22(24)23-9-2-4-11-25(23)26/h1-5,7-15,26H,6,16-19H2,(H,30,33)(H,31,32). The molecule has 0 spiro atoms. The molecule has 0 radical (unpaired) electrons. The minimum absolute atomic E-state index is 0.0562. The molecular formula is C28H27ClN2O3. The third-order valence-electron chi connectivity index (χ3n) is 5.75. The number of rotatable bonds is 9. The van der Waals surface area contributed by atoms with Crippen LogP contribution < -0.4 is 10.6 Å². The average molecular weight is 475 g/mol. The van der Waals surface area contributed by atoms with Gasteiger partial charge in [0, 0.05) is 30.5 Å². The normalized spacial score (nSPS) is 12.3. The summed E-state index contributed by atoms with van der Waals surface area (Å²) in [4.78, 5) is 23.8. The maximum Gasteiger partial charge on any atom is 0.407 e. The van der Waals surface area contributed by atoms with Gasteiger partial charge in [0.05, 0.1) is 0 Å². The lowest BCUT2D eigenvalue weighted by molar-refractivity contribution is -0.115. The summed E-state index contributed by atoms with van der Waals surface area (Å²) in [6.45, 7) is 0.795. The Bertz CT molecular complexity index is 1130. The first kappa shape index (κ1) is 23.6. The Hall–Kier alpha value is -3.57. The molecule has 4 rings (SSSR count). The summed E-state index contributed by atoms with van der Waals surface area (Å²) in [5.74, 6) is 0.259. The fraction of sp³-hybridized carbons (Fsp3) is 0.214. The zero-order valence-electron chi connectivity index (χ0n) is 18.8. The molecule has 5 nitrogen and oxygen atoms in total. The van der Waals surface area contributed by atoms with Gasteiger partial charge in [0.2, 0.25) is 5.91 Å². The van der Waals surface area contributed by atoms with Gasteiger partial charge in [-0.15, -0.1) is 11.6 Å². The summed E-state index contributed by atoms with van der Waals surface area (Å²) in [7, 11) is 0. The predicted molar refractivity (Wildman–Crippen MR) is 137 cm³/mol. The first-order valence-electron chi connectivity index (χ1n) is 11.4. The first-order valence-corrected chi connectivity index (χ1v) is 11.9. The largest absolute Gasteiger partial charge is 0.449 e. The van der Waals surface area contributed by atoms with Crippen molar-refractivity contribution in [3.8, 4) is 11.1 Å². The number of alkyl carbamates (subject to hydrolysis) is 1. The summed E-state index contributed by atoms with van der Waals surface area (Å²) in [6.07, 6.45) is 4.53. The molecule has 34 heavy (non-hydrogen) atoms. The molecule has 3 aromatic carbocycles. The monoisotopic (exact) mass is 474 g/mol. The molecule has 0 saturated carbocycles. The van der Waals surface area contributed by atoms with Crippen molar-refractivity contribution in [1.29, 1.82) is 0 Å². The van der Waals surface area contributed by atoms with Crippen molar-refractivity contribution in [3.05, 3.63) is 95.6 Å². The van der Waals surface area contributed by atoms with E-state index in [9.17, 15) is 9.59 Å². The first-order chi connectivity index (χ1) is 16.7. The summed E-state index contributed by atoms with van der Waals surface area (Å²) >= 11 is 5.57. The number of ether oxygens (including phenoxy) is 1. The molecule has 0 fully saturated rings. The second-order valence-corrected chi connectivity index (χ2v) is 8.43. The molecule has 3 aromatic rings. The van der Waals surface area contributed by atoms with Gasteiger partial charge < -0.3 is 15.4 Å². The molecular weight excluding hydrogens is 448 g/mol. The van der Waals surface area contributed by atoms with E-state index in [0.29, 0.717) is 31.9 Å². The zero-order chi connectivity index (χ0) is 23.8. The van der Waals surface area contributed by atoms with Gasteiger partial charge in [-0.05, 0) is 46.4 Å². The number of hydrogen-bond acceptors (Lipinski definition) is 3. The van der Waals surface area contributed by atoms with E-state index in [4.69, 9.17) is 16.3 Å². The lowest BCUT2D eigenvalue weighted by Crippen LogP contribution is -2.26. The Morgan fingerprint density at radius 3 is 2.21 bits per heavy atom. The van der Waals surface area contributed by atoms with Crippen LogP contribution in [0.2, 0.25) is 0 Å². The third-order valence-corrected chi connectivity index (χ3v) is 5.94. The zero-order valence-corrected chi connectivity index (χ0v) is 19.6. The molecule has 0 heterocycles. The number of hydrogen-bond donors (Lipinski definition) is 2. The van der Waals surface area contributed by atoms with E-state index in [1.54, 1.807) is 0 Å². The smallest absolute Gasteiger partial charge is 0.407 e. The van der Waals surface area contributed by atoms with Crippen LogP contribution in [0.1, 0.15) is 35.4 Å². The number of carbonyl (C=O) groups excluding carboxylic acids is 2. The van der Waals surface area contributed by atoms with E-state index in [1.807, 2.05) is 60.7 Å². The van der Waals surface area contributed by atoms with Gasteiger partial charge in [0.15, 0.2) is 0 Å². The number of fused-ring (bicyclic) bond motifs is 3. The van der Waals surface area contributed by atoms with Crippen molar-refractivity contribution in [1.82, 2.24) is 5.32 Å². The Kier molecular flexibility index (Phi) is 7.99. The van der Waals surface area contributed by atoms with Gasteiger partial charge >= 0.3 is 6.09 Å². The van der Waals surface area contributed by atoms with Crippen LogP contribution in [-0.2, 0) is 9.53 Å². The average Bonchev–Trinajstić information content (AvgIpc) is 3.17. The van der Waals surface area contributed by atoms with E-state index < -0.39 is 6.09 Å². The van der Waals surface area contributed by atoms with Crippen molar-refractivity contribution in [2.45, 2.75) is 18.8 Å². The highest BCUT2D eigenvalue weighted by molar-refractivity contribution is 6.19. The highest BCUT2D eigenvalue weighted by Crippen LogP contribution is 2.44. The molecule has 1 aliphatic carbocycles. The van der Waals surface area contributed by atoms with E-state index >= 15 is 0 Å². The summed E-state index contributed by atoms with van der Waals surface area (Å²) < 4.78 is 5.55. The van der Waals surface area contributed by atoms with E-state index in [-0.39, 0.29) is 11.8 Å². The van der Waals surface area contributed by atoms with Gasteiger partial charge in [-0.1, -0.05) is 72.8 Å². The number of nitrogens with one attached hydrogen (secondary N) is 2. The fourth-order valence-electron chi connectivity index (χ4n) is 4.11. The number of anilines is 1.